The van der Waals surface area contributed by atoms with E-state index in [1.54, 1.807) is 7.11 Å². The summed E-state index contributed by atoms with van der Waals surface area (Å²) in [5.41, 5.74) is 4.95. The molecule has 0 saturated carbocycles. The number of nitrogens with one attached hydrogen (secondary N) is 1. The van der Waals surface area contributed by atoms with Gasteiger partial charge in [-0.05, 0) is 47.9 Å². The molecule has 2 aromatic carbocycles. The van der Waals surface area contributed by atoms with Crippen LogP contribution in [0.25, 0.3) is 0 Å². The maximum absolute atomic E-state index is 6.03. The van der Waals surface area contributed by atoms with E-state index in [2.05, 4.69) is 21.4 Å². The first-order valence-electron chi connectivity index (χ1n) is 6.18. The molecule has 1 unspecified atom stereocenters. The van der Waals surface area contributed by atoms with Crippen LogP contribution in [0.1, 0.15) is 17.2 Å². The van der Waals surface area contributed by atoms with Crippen LogP contribution in [0.15, 0.2) is 46.9 Å². The van der Waals surface area contributed by atoms with Gasteiger partial charge in [0, 0.05) is 9.50 Å². The molecule has 1 atom stereocenters. The van der Waals surface area contributed by atoms with Gasteiger partial charge in [0.25, 0.3) is 0 Å². The summed E-state index contributed by atoms with van der Waals surface area (Å²) in [7, 11) is 1.66. The number of rotatable bonds is 5. The summed E-state index contributed by atoms with van der Waals surface area (Å²) >= 11 is 9.51. The van der Waals surface area contributed by atoms with Gasteiger partial charge in [0.2, 0.25) is 0 Å². The van der Waals surface area contributed by atoms with E-state index in [0.717, 1.165) is 21.3 Å². The number of halogens is 2. The minimum atomic E-state index is -0.0306. The number of nitrogens with two attached hydrogens (primary N) is 1. The zero-order chi connectivity index (χ0) is 14.5. The fraction of sp³-hybridized carbons (Fsp3) is 0.200. The maximum atomic E-state index is 6.03. The van der Waals surface area contributed by atoms with E-state index in [-0.39, 0.29) is 6.04 Å². The molecule has 0 bridgehead atoms. The lowest BCUT2D eigenvalue weighted by molar-refractivity contribution is 0.405. The molecule has 0 fully saturated rings. The number of hydrogen-bond acceptors (Lipinski definition) is 3. The van der Waals surface area contributed by atoms with Crippen molar-refractivity contribution in [2.75, 3.05) is 7.11 Å². The lowest BCUT2D eigenvalue weighted by Gasteiger charge is -2.18. The van der Waals surface area contributed by atoms with Gasteiger partial charge in [-0.2, -0.15) is 0 Å². The zero-order valence-electron chi connectivity index (χ0n) is 11.1. The molecule has 2 rings (SSSR count). The average Bonchev–Trinajstić information content (AvgIpc) is 2.45. The van der Waals surface area contributed by atoms with Crippen LogP contribution in [0.4, 0.5) is 0 Å². The summed E-state index contributed by atoms with van der Waals surface area (Å²) in [6.07, 6.45) is 0.708. The molecule has 0 radical (unpaired) electrons. The first-order chi connectivity index (χ1) is 9.63. The SMILES string of the molecule is COc1ccc(Br)cc1CC(NN)c1cccc(Cl)c1. The van der Waals surface area contributed by atoms with Crippen molar-refractivity contribution in [3.8, 4) is 5.75 Å². The highest BCUT2D eigenvalue weighted by molar-refractivity contribution is 9.10. The molecule has 0 aliphatic carbocycles. The topological polar surface area (TPSA) is 47.3 Å². The van der Waals surface area contributed by atoms with Crippen molar-refractivity contribution in [2.24, 2.45) is 5.84 Å². The Balaban J connectivity index is 2.28. The Labute approximate surface area is 132 Å². The zero-order valence-corrected chi connectivity index (χ0v) is 13.4. The average molecular weight is 356 g/mol. The summed E-state index contributed by atoms with van der Waals surface area (Å²) in [6.45, 7) is 0. The van der Waals surface area contributed by atoms with Gasteiger partial charge in [0.15, 0.2) is 0 Å². The normalized spacial score (nSPS) is 12.2. The van der Waals surface area contributed by atoms with Gasteiger partial charge in [-0.15, -0.1) is 0 Å². The Bertz CT molecular complexity index is 592. The number of benzene rings is 2. The van der Waals surface area contributed by atoms with E-state index in [9.17, 15) is 0 Å². The highest BCUT2D eigenvalue weighted by atomic mass is 79.9. The van der Waals surface area contributed by atoms with Gasteiger partial charge in [-0.25, -0.2) is 0 Å². The van der Waals surface area contributed by atoms with Gasteiger partial charge < -0.3 is 4.74 Å². The largest absolute Gasteiger partial charge is 0.496 e. The molecule has 0 spiro atoms. The van der Waals surface area contributed by atoms with Crippen LogP contribution in [0, 0.1) is 0 Å². The maximum Gasteiger partial charge on any atom is 0.122 e. The van der Waals surface area contributed by atoms with Gasteiger partial charge in [-0.3, -0.25) is 11.3 Å². The second kappa shape index (κ2) is 7.09. The van der Waals surface area contributed by atoms with Crippen molar-refractivity contribution in [1.82, 2.24) is 5.43 Å². The summed E-state index contributed by atoms with van der Waals surface area (Å²) in [4.78, 5) is 0. The number of hydrazine groups is 1. The Morgan fingerprint density at radius 2 is 2.10 bits per heavy atom. The first kappa shape index (κ1) is 15.3. The predicted octanol–water partition coefficient (Wildman–Crippen LogP) is 3.86. The molecule has 2 aromatic rings. The molecule has 0 aromatic heterocycles. The highest BCUT2D eigenvalue weighted by Gasteiger charge is 2.14. The second-order valence-corrected chi connectivity index (χ2v) is 5.79. The molecule has 20 heavy (non-hydrogen) atoms. The molecule has 0 amide bonds. The Kier molecular flexibility index (Phi) is 5.43. The molecule has 0 aliphatic rings. The second-order valence-electron chi connectivity index (χ2n) is 4.43. The quantitative estimate of drug-likeness (QED) is 0.632. The van der Waals surface area contributed by atoms with Crippen molar-refractivity contribution < 1.29 is 4.74 Å². The number of ether oxygens (including phenoxy) is 1. The van der Waals surface area contributed by atoms with Crippen molar-refractivity contribution >= 4 is 27.5 Å². The van der Waals surface area contributed by atoms with Crippen LogP contribution in [-0.4, -0.2) is 7.11 Å². The third-order valence-corrected chi connectivity index (χ3v) is 3.85. The van der Waals surface area contributed by atoms with Gasteiger partial charge in [0.1, 0.15) is 5.75 Å². The van der Waals surface area contributed by atoms with Crippen molar-refractivity contribution in [2.45, 2.75) is 12.5 Å². The minimum Gasteiger partial charge on any atom is -0.496 e. The molecule has 106 valence electrons. The molecule has 0 heterocycles. The van der Waals surface area contributed by atoms with Gasteiger partial charge in [0.05, 0.1) is 13.2 Å². The standard InChI is InChI=1S/C15H16BrClN2O/c1-20-15-6-5-12(16)7-11(15)9-14(19-18)10-3-2-4-13(17)8-10/h2-8,14,19H,9,18H2,1H3. The smallest absolute Gasteiger partial charge is 0.122 e. The minimum absolute atomic E-state index is 0.0306. The lowest BCUT2D eigenvalue weighted by Crippen LogP contribution is -2.29. The van der Waals surface area contributed by atoms with Crippen LogP contribution in [0.2, 0.25) is 5.02 Å². The molecule has 0 aliphatic heterocycles. The summed E-state index contributed by atoms with van der Waals surface area (Å²) in [5.74, 6) is 6.53. The number of hydrogen-bond donors (Lipinski definition) is 2. The van der Waals surface area contributed by atoms with Crippen LogP contribution in [-0.2, 0) is 6.42 Å². The predicted molar refractivity (Wildman–Crippen MR) is 85.9 cm³/mol. The van der Waals surface area contributed by atoms with E-state index in [0.29, 0.717) is 11.4 Å². The third kappa shape index (κ3) is 3.73. The van der Waals surface area contributed by atoms with Crippen molar-refractivity contribution in [3.05, 3.63) is 63.1 Å². The Morgan fingerprint density at radius 1 is 1.30 bits per heavy atom. The molecule has 3 N–H and O–H groups in total. The Hall–Kier alpha value is -1.07. The van der Waals surface area contributed by atoms with E-state index < -0.39 is 0 Å². The molecule has 5 heteroatoms. The molecular weight excluding hydrogens is 340 g/mol. The van der Waals surface area contributed by atoms with E-state index in [4.69, 9.17) is 22.2 Å². The van der Waals surface area contributed by atoms with Gasteiger partial charge in [-0.1, -0.05) is 39.7 Å². The van der Waals surface area contributed by atoms with Crippen molar-refractivity contribution in [3.63, 3.8) is 0 Å². The first-order valence-corrected chi connectivity index (χ1v) is 7.35. The van der Waals surface area contributed by atoms with E-state index in [1.807, 2.05) is 42.5 Å². The summed E-state index contributed by atoms with van der Waals surface area (Å²) < 4.78 is 6.40. The van der Waals surface area contributed by atoms with Crippen LogP contribution in [0.5, 0.6) is 5.75 Å². The Morgan fingerprint density at radius 3 is 2.75 bits per heavy atom. The molecular formula is C15H16BrClN2O. The van der Waals surface area contributed by atoms with Crippen molar-refractivity contribution in [1.29, 1.82) is 0 Å². The fourth-order valence-corrected chi connectivity index (χ4v) is 2.73. The fourth-order valence-electron chi connectivity index (χ4n) is 2.12. The van der Waals surface area contributed by atoms with Crippen LogP contribution >= 0.6 is 27.5 Å². The van der Waals surface area contributed by atoms with Crippen LogP contribution < -0.4 is 16.0 Å². The highest BCUT2D eigenvalue weighted by Crippen LogP contribution is 2.28. The summed E-state index contributed by atoms with van der Waals surface area (Å²) in [6, 6.07) is 13.6. The molecule has 3 nitrogen and oxygen atoms in total. The monoisotopic (exact) mass is 354 g/mol. The summed E-state index contributed by atoms with van der Waals surface area (Å²) in [5, 5.41) is 0.698. The van der Waals surface area contributed by atoms with E-state index >= 15 is 0 Å². The third-order valence-electron chi connectivity index (χ3n) is 3.12. The number of methoxy groups -OCH3 is 1. The lowest BCUT2D eigenvalue weighted by atomic mass is 9.99. The molecule has 0 saturated heterocycles. The van der Waals surface area contributed by atoms with Crippen LogP contribution in [0.3, 0.4) is 0 Å². The van der Waals surface area contributed by atoms with E-state index in [1.165, 1.54) is 0 Å². The van der Waals surface area contributed by atoms with Gasteiger partial charge >= 0.3 is 0 Å².